The first-order valence-electron chi connectivity index (χ1n) is 8.02. The second-order valence-corrected chi connectivity index (χ2v) is 5.90. The normalized spacial score (nSPS) is 12.7. The first-order chi connectivity index (χ1) is 11.8. The number of hydrogen-bond donors (Lipinski definition) is 0. The van der Waals surface area contributed by atoms with Crippen molar-refractivity contribution in [3.05, 3.63) is 77.9 Å². The Balaban J connectivity index is 2.00. The van der Waals surface area contributed by atoms with Crippen LogP contribution in [0.5, 0.6) is 11.5 Å². The van der Waals surface area contributed by atoms with Gasteiger partial charge in [0.15, 0.2) is 0 Å². The van der Waals surface area contributed by atoms with E-state index in [4.69, 9.17) is 9.47 Å². The van der Waals surface area contributed by atoms with Gasteiger partial charge in [0.05, 0.1) is 24.2 Å². The maximum absolute atomic E-state index is 6.10. The topological polar surface area (TPSA) is 21.7 Å². The predicted octanol–water partition coefficient (Wildman–Crippen LogP) is 5.37. The molecule has 24 heavy (non-hydrogen) atoms. The minimum Gasteiger partial charge on any atom is -0.495 e. The summed E-state index contributed by atoms with van der Waals surface area (Å²) >= 11 is 0. The minimum atomic E-state index is 0.554. The Bertz CT molecular complexity index is 889. The molecule has 0 saturated heterocycles. The summed E-state index contributed by atoms with van der Waals surface area (Å²) < 4.78 is 11.7. The standard InChI is InChI=1S/C21H19NO2/c1-15-11-12-19-21(13-15)24-14-16-7-3-4-8-17(16)22(19)18-9-5-6-10-20(18)23-2/h3-13H,14H2,1-2H3. The van der Waals surface area contributed by atoms with E-state index >= 15 is 0 Å². The summed E-state index contributed by atoms with van der Waals surface area (Å²) in [7, 11) is 1.70. The number of benzene rings is 3. The number of anilines is 3. The van der Waals surface area contributed by atoms with Crippen LogP contribution in [0, 0.1) is 6.92 Å². The smallest absolute Gasteiger partial charge is 0.144 e. The predicted molar refractivity (Wildman–Crippen MR) is 96.7 cm³/mol. The molecule has 0 saturated carbocycles. The number of rotatable bonds is 2. The fraction of sp³-hybridized carbons (Fsp3) is 0.143. The monoisotopic (exact) mass is 317 g/mol. The van der Waals surface area contributed by atoms with Crippen LogP contribution in [-0.4, -0.2) is 7.11 Å². The lowest BCUT2D eigenvalue weighted by Gasteiger charge is -2.27. The van der Waals surface area contributed by atoms with E-state index in [-0.39, 0.29) is 0 Å². The molecule has 0 aromatic heterocycles. The van der Waals surface area contributed by atoms with Crippen molar-refractivity contribution in [3.63, 3.8) is 0 Å². The molecule has 1 aliphatic heterocycles. The summed E-state index contributed by atoms with van der Waals surface area (Å²) in [4.78, 5) is 2.22. The number of para-hydroxylation sites is 3. The Morgan fingerprint density at radius 1 is 0.875 bits per heavy atom. The Morgan fingerprint density at radius 2 is 1.62 bits per heavy atom. The lowest BCUT2D eigenvalue weighted by molar-refractivity contribution is 0.310. The van der Waals surface area contributed by atoms with E-state index in [0.717, 1.165) is 34.1 Å². The molecule has 0 atom stereocenters. The van der Waals surface area contributed by atoms with Crippen LogP contribution in [0.1, 0.15) is 11.1 Å². The van der Waals surface area contributed by atoms with Crippen molar-refractivity contribution >= 4 is 17.1 Å². The molecule has 1 aliphatic rings. The van der Waals surface area contributed by atoms with Crippen LogP contribution in [0.4, 0.5) is 17.1 Å². The molecule has 3 aromatic carbocycles. The van der Waals surface area contributed by atoms with E-state index in [1.165, 1.54) is 5.56 Å². The van der Waals surface area contributed by atoms with E-state index in [9.17, 15) is 0 Å². The lowest BCUT2D eigenvalue weighted by atomic mass is 10.1. The highest BCUT2D eigenvalue weighted by Crippen LogP contribution is 2.47. The van der Waals surface area contributed by atoms with Gasteiger partial charge in [-0.25, -0.2) is 0 Å². The van der Waals surface area contributed by atoms with Crippen LogP contribution in [0.2, 0.25) is 0 Å². The third-order valence-corrected chi connectivity index (χ3v) is 4.30. The van der Waals surface area contributed by atoms with Gasteiger partial charge in [-0.2, -0.15) is 0 Å². The third kappa shape index (κ3) is 2.38. The van der Waals surface area contributed by atoms with Gasteiger partial charge in [-0.15, -0.1) is 0 Å². The number of nitrogens with zero attached hydrogens (tertiary/aromatic N) is 1. The average Bonchev–Trinajstić information content (AvgIpc) is 2.78. The highest BCUT2D eigenvalue weighted by molar-refractivity contribution is 5.85. The van der Waals surface area contributed by atoms with Gasteiger partial charge in [0.25, 0.3) is 0 Å². The number of methoxy groups -OCH3 is 1. The molecule has 4 rings (SSSR count). The molecule has 0 N–H and O–H groups in total. The Kier molecular flexibility index (Phi) is 3.62. The van der Waals surface area contributed by atoms with Crippen molar-refractivity contribution in [3.8, 4) is 11.5 Å². The molecule has 1 heterocycles. The van der Waals surface area contributed by atoms with Crippen LogP contribution < -0.4 is 14.4 Å². The number of aryl methyl sites for hydroxylation is 1. The highest BCUT2D eigenvalue weighted by atomic mass is 16.5. The van der Waals surface area contributed by atoms with E-state index < -0.39 is 0 Å². The minimum absolute atomic E-state index is 0.554. The molecule has 3 aromatic rings. The molecule has 0 unspecified atom stereocenters. The van der Waals surface area contributed by atoms with Crippen LogP contribution in [0.25, 0.3) is 0 Å². The maximum Gasteiger partial charge on any atom is 0.144 e. The van der Waals surface area contributed by atoms with Crippen molar-refractivity contribution in [2.75, 3.05) is 12.0 Å². The van der Waals surface area contributed by atoms with Crippen molar-refractivity contribution < 1.29 is 9.47 Å². The van der Waals surface area contributed by atoms with Gasteiger partial charge in [0, 0.05) is 5.56 Å². The van der Waals surface area contributed by atoms with E-state index in [1.54, 1.807) is 7.11 Å². The van der Waals surface area contributed by atoms with Crippen LogP contribution in [-0.2, 0) is 6.61 Å². The highest BCUT2D eigenvalue weighted by Gasteiger charge is 2.24. The molecule has 0 spiro atoms. The first kappa shape index (κ1) is 14.6. The Labute approximate surface area is 142 Å². The van der Waals surface area contributed by atoms with Crippen LogP contribution in [0.15, 0.2) is 66.7 Å². The van der Waals surface area contributed by atoms with Gasteiger partial charge in [0.2, 0.25) is 0 Å². The van der Waals surface area contributed by atoms with Crippen molar-refractivity contribution in [1.82, 2.24) is 0 Å². The van der Waals surface area contributed by atoms with Gasteiger partial charge in [-0.05, 0) is 42.8 Å². The Morgan fingerprint density at radius 3 is 2.46 bits per heavy atom. The molecule has 0 bridgehead atoms. The van der Waals surface area contributed by atoms with Crippen molar-refractivity contribution in [2.24, 2.45) is 0 Å². The molecule has 3 nitrogen and oxygen atoms in total. The summed E-state index contributed by atoms with van der Waals surface area (Å²) in [6, 6.07) is 22.7. The molecule has 0 radical (unpaired) electrons. The maximum atomic E-state index is 6.10. The molecule has 0 aliphatic carbocycles. The van der Waals surface area contributed by atoms with E-state index in [2.05, 4.69) is 54.3 Å². The zero-order valence-electron chi connectivity index (χ0n) is 13.8. The zero-order chi connectivity index (χ0) is 16.5. The quantitative estimate of drug-likeness (QED) is 0.634. The molecular weight excluding hydrogens is 298 g/mol. The molecule has 0 fully saturated rings. The number of hydrogen-bond acceptors (Lipinski definition) is 3. The fourth-order valence-corrected chi connectivity index (χ4v) is 3.13. The summed E-state index contributed by atoms with van der Waals surface area (Å²) in [6.45, 7) is 2.63. The second kappa shape index (κ2) is 5.93. The summed E-state index contributed by atoms with van der Waals surface area (Å²) in [5.41, 5.74) is 5.47. The Hall–Kier alpha value is -2.94. The SMILES string of the molecule is COc1ccccc1N1c2ccccc2COc2cc(C)ccc21. The number of ether oxygens (including phenoxy) is 2. The molecule has 120 valence electrons. The first-order valence-corrected chi connectivity index (χ1v) is 8.02. The van der Waals surface area contributed by atoms with Crippen molar-refractivity contribution in [2.45, 2.75) is 13.5 Å². The molecular formula is C21H19NO2. The zero-order valence-corrected chi connectivity index (χ0v) is 13.8. The largest absolute Gasteiger partial charge is 0.495 e. The van der Waals surface area contributed by atoms with Crippen LogP contribution in [0.3, 0.4) is 0 Å². The van der Waals surface area contributed by atoms with E-state index in [1.807, 2.05) is 24.3 Å². The van der Waals surface area contributed by atoms with E-state index in [0.29, 0.717) is 6.61 Å². The van der Waals surface area contributed by atoms with Gasteiger partial charge >= 0.3 is 0 Å². The summed E-state index contributed by atoms with van der Waals surface area (Å²) in [5.74, 6) is 1.72. The van der Waals surface area contributed by atoms with Gasteiger partial charge < -0.3 is 14.4 Å². The fourth-order valence-electron chi connectivity index (χ4n) is 3.13. The van der Waals surface area contributed by atoms with Crippen LogP contribution >= 0.6 is 0 Å². The molecule has 0 amide bonds. The average molecular weight is 317 g/mol. The summed E-state index contributed by atoms with van der Waals surface area (Å²) in [6.07, 6.45) is 0. The number of fused-ring (bicyclic) bond motifs is 2. The van der Waals surface area contributed by atoms with Gasteiger partial charge in [0.1, 0.15) is 18.1 Å². The summed E-state index contributed by atoms with van der Waals surface area (Å²) in [5, 5.41) is 0. The third-order valence-electron chi connectivity index (χ3n) is 4.30. The lowest BCUT2D eigenvalue weighted by Crippen LogP contribution is -2.11. The van der Waals surface area contributed by atoms with Crippen molar-refractivity contribution in [1.29, 1.82) is 0 Å². The van der Waals surface area contributed by atoms with Gasteiger partial charge in [-0.3, -0.25) is 0 Å². The second-order valence-electron chi connectivity index (χ2n) is 5.90. The molecule has 3 heteroatoms. The van der Waals surface area contributed by atoms with Gasteiger partial charge in [-0.1, -0.05) is 36.4 Å².